The number of rotatable bonds is 6. The second kappa shape index (κ2) is 8.30. The number of hydrogen-bond acceptors (Lipinski definition) is 6. The quantitative estimate of drug-likeness (QED) is 0.604. The summed E-state index contributed by atoms with van der Waals surface area (Å²) in [7, 11) is -9.09. The molecule has 0 radical (unpaired) electrons. The van der Waals surface area contributed by atoms with E-state index in [4.69, 9.17) is 5.14 Å². The van der Waals surface area contributed by atoms with Crippen molar-refractivity contribution in [1.29, 1.82) is 0 Å². The van der Waals surface area contributed by atoms with Crippen molar-refractivity contribution in [3.05, 3.63) is 52.5 Å². The Morgan fingerprint density at radius 1 is 1.07 bits per heavy atom. The molecule has 1 amide bonds. The maximum Gasteiger partial charge on any atom is 0.422 e. The molecule has 8 nitrogen and oxygen atoms in total. The van der Waals surface area contributed by atoms with Crippen molar-refractivity contribution in [2.45, 2.75) is 16.0 Å². The van der Waals surface area contributed by atoms with Crippen molar-refractivity contribution in [2.24, 2.45) is 5.14 Å². The van der Waals surface area contributed by atoms with E-state index in [0.717, 1.165) is 24.3 Å². The van der Waals surface area contributed by atoms with Crippen molar-refractivity contribution < 1.29 is 39.5 Å². The van der Waals surface area contributed by atoms with Crippen molar-refractivity contribution in [1.82, 2.24) is 4.72 Å². The van der Waals surface area contributed by atoms with Gasteiger partial charge in [0.15, 0.2) is 6.61 Å². The number of primary sulfonamides is 1. The Morgan fingerprint density at radius 3 is 2.21 bits per heavy atom. The third kappa shape index (κ3) is 6.16. The molecule has 0 fully saturated rings. The van der Waals surface area contributed by atoms with E-state index in [0.29, 0.717) is 0 Å². The van der Waals surface area contributed by atoms with E-state index in [-0.39, 0.29) is 15.8 Å². The number of benzene rings is 2. The summed E-state index contributed by atoms with van der Waals surface area (Å²) in [6, 6.07) is 7.53. The summed E-state index contributed by atoms with van der Waals surface area (Å²) in [5.74, 6) is -1.57. The van der Waals surface area contributed by atoms with Gasteiger partial charge in [0.2, 0.25) is 10.0 Å². The molecule has 0 bridgehead atoms. The zero-order valence-corrected chi connectivity index (χ0v) is 17.3. The molecular weight excluding hydrogens is 505 g/mol. The van der Waals surface area contributed by atoms with Gasteiger partial charge in [-0.25, -0.2) is 26.7 Å². The zero-order valence-electron chi connectivity index (χ0n) is 14.1. The normalized spacial score (nSPS) is 12.4. The van der Waals surface area contributed by atoms with Crippen LogP contribution in [0.1, 0.15) is 10.4 Å². The van der Waals surface area contributed by atoms with Gasteiger partial charge in [0.05, 0.1) is 4.47 Å². The van der Waals surface area contributed by atoms with Crippen LogP contribution in [0.3, 0.4) is 0 Å². The summed E-state index contributed by atoms with van der Waals surface area (Å²) in [4.78, 5) is 10.8. The van der Waals surface area contributed by atoms with Crippen molar-refractivity contribution >= 4 is 41.9 Å². The lowest BCUT2D eigenvalue weighted by atomic mass is 10.2. The van der Waals surface area contributed by atoms with E-state index in [1.54, 1.807) is 4.72 Å². The Hall–Kier alpha value is -2.16. The van der Waals surface area contributed by atoms with E-state index < -0.39 is 48.5 Å². The topological polar surface area (TPSA) is 133 Å². The zero-order chi connectivity index (χ0) is 22.0. The van der Waals surface area contributed by atoms with Crippen LogP contribution in [-0.2, 0) is 20.0 Å². The lowest BCUT2D eigenvalue weighted by Gasteiger charge is -2.13. The fourth-order valence-corrected chi connectivity index (χ4v) is 4.78. The number of sulfonamides is 2. The van der Waals surface area contributed by atoms with Crippen LogP contribution in [-0.4, -0.2) is 35.5 Å². The van der Waals surface area contributed by atoms with E-state index in [1.807, 2.05) is 0 Å². The summed E-state index contributed by atoms with van der Waals surface area (Å²) < 4.78 is 91.3. The van der Waals surface area contributed by atoms with Crippen LogP contribution in [0.5, 0.6) is 5.75 Å². The van der Waals surface area contributed by atoms with Gasteiger partial charge in [-0.15, -0.1) is 0 Å². The minimum atomic E-state index is -4.67. The summed E-state index contributed by atoms with van der Waals surface area (Å²) in [5.41, 5.74) is -0.345. The molecule has 0 aromatic heterocycles. The predicted molar refractivity (Wildman–Crippen MR) is 98.2 cm³/mol. The van der Waals surface area contributed by atoms with Gasteiger partial charge < -0.3 is 4.74 Å². The van der Waals surface area contributed by atoms with Crippen LogP contribution in [0, 0.1) is 0 Å². The molecule has 29 heavy (non-hydrogen) atoms. The standard InChI is InChI=1S/C15H12BrF3N2O6S2/c16-10-6-5-9(7-11(10)27-8-15(17,18)19)14(22)21-29(25,26)13-4-2-1-3-12(13)28(20,23)24/h1-7H,8H2,(H,21,22)(H2,20,23,24). The summed E-state index contributed by atoms with van der Waals surface area (Å²) in [6.07, 6.45) is -4.63. The van der Waals surface area contributed by atoms with Crippen LogP contribution >= 0.6 is 15.9 Å². The molecule has 158 valence electrons. The fourth-order valence-electron chi connectivity index (χ4n) is 2.06. The summed E-state index contributed by atoms with van der Waals surface area (Å²) in [6.45, 7) is -1.63. The Morgan fingerprint density at radius 2 is 1.66 bits per heavy atom. The SMILES string of the molecule is NS(=O)(=O)c1ccccc1S(=O)(=O)NC(=O)c1ccc(Br)c(OCC(F)(F)F)c1. The Bertz CT molecular complexity index is 1150. The highest BCUT2D eigenvalue weighted by molar-refractivity contribution is 9.10. The lowest BCUT2D eigenvalue weighted by Crippen LogP contribution is -2.32. The number of hydrogen-bond donors (Lipinski definition) is 2. The molecule has 0 aliphatic carbocycles. The van der Waals surface area contributed by atoms with Gasteiger partial charge in [-0.2, -0.15) is 13.2 Å². The molecule has 2 aromatic rings. The first-order valence-electron chi connectivity index (χ1n) is 7.39. The van der Waals surface area contributed by atoms with E-state index >= 15 is 0 Å². The Kier molecular flexibility index (Phi) is 6.61. The molecule has 0 saturated carbocycles. The number of carbonyl (C=O) groups excluding carboxylic acids is 1. The van der Waals surface area contributed by atoms with Crippen molar-refractivity contribution in [3.63, 3.8) is 0 Å². The molecule has 0 aliphatic rings. The van der Waals surface area contributed by atoms with Crippen LogP contribution < -0.4 is 14.6 Å². The molecule has 2 rings (SSSR count). The maximum atomic E-state index is 12.5. The molecule has 0 spiro atoms. The average Bonchev–Trinajstić information content (AvgIpc) is 2.59. The molecule has 0 atom stereocenters. The highest BCUT2D eigenvalue weighted by atomic mass is 79.9. The number of carbonyl (C=O) groups is 1. The van der Waals surface area contributed by atoms with Crippen LogP contribution in [0.25, 0.3) is 0 Å². The maximum absolute atomic E-state index is 12.5. The van der Waals surface area contributed by atoms with E-state index in [9.17, 15) is 34.8 Å². The van der Waals surface area contributed by atoms with Crippen molar-refractivity contribution in [3.8, 4) is 5.75 Å². The first-order chi connectivity index (χ1) is 13.2. The summed E-state index contributed by atoms with van der Waals surface area (Å²) in [5, 5.41) is 4.98. The molecule has 2 aromatic carbocycles. The van der Waals surface area contributed by atoms with Crippen LogP contribution in [0.2, 0.25) is 0 Å². The highest BCUT2D eigenvalue weighted by Crippen LogP contribution is 2.28. The van der Waals surface area contributed by atoms with Gasteiger partial charge in [-0.05, 0) is 46.3 Å². The van der Waals surface area contributed by atoms with E-state index in [2.05, 4.69) is 20.7 Å². The smallest absolute Gasteiger partial charge is 0.422 e. The molecule has 0 heterocycles. The first-order valence-corrected chi connectivity index (χ1v) is 11.2. The number of amides is 1. The monoisotopic (exact) mass is 516 g/mol. The van der Waals surface area contributed by atoms with Gasteiger partial charge >= 0.3 is 6.18 Å². The largest absolute Gasteiger partial charge is 0.483 e. The highest BCUT2D eigenvalue weighted by Gasteiger charge is 2.29. The van der Waals surface area contributed by atoms with Crippen LogP contribution in [0.15, 0.2) is 56.7 Å². The average molecular weight is 517 g/mol. The lowest BCUT2D eigenvalue weighted by molar-refractivity contribution is -0.153. The van der Waals surface area contributed by atoms with Gasteiger partial charge in [0.25, 0.3) is 15.9 Å². The molecule has 3 N–H and O–H groups in total. The second-order valence-electron chi connectivity index (χ2n) is 5.48. The number of nitrogens with one attached hydrogen (secondary N) is 1. The number of nitrogens with two attached hydrogens (primary N) is 1. The summed E-state index contributed by atoms with van der Waals surface area (Å²) >= 11 is 2.95. The Labute approximate surface area is 172 Å². The minimum Gasteiger partial charge on any atom is -0.483 e. The van der Waals surface area contributed by atoms with Crippen molar-refractivity contribution in [2.75, 3.05) is 6.61 Å². The van der Waals surface area contributed by atoms with Gasteiger partial charge in [-0.3, -0.25) is 4.79 Å². The van der Waals surface area contributed by atoms with Crippen LogP contribution in [0.4, 0.5) is 13.2 Å². The Balaban J connectivity index is 2.33. The molecular formula is C15H12BrF3N2O6S2. The third-order valence-electron chi connectivity index (χ3n) is 3.26. The molecule has 14 heteroatoms. The number of halogens is 4. The number of ether oxygens (including phenoxy) is 1. The number of alkyl halides is 3. The molecule has 0 saturated heterocycles. The van der Waals surface area contributed by atoms with Gasteiger partial charge in [0.1, 0.15) is 15.5 Å². The van der Waals surface area contributed by atoms with Gasteiger partial charge in [-0.1, -0.05) is 12.1 Å². The minimum absolute atomic E-state index is 0.0979. The molecule has 0 aliphatic heterocycles. The molecule has 0 unspecified atom stereocenters. The third-order valence-corrected chi connectivity index (χ3v) is 6.40. The first kappa shape index (κ1) is 23.1. The van der Waals surface area contributed by atoms with Gasteiger partial charge in [0, 0.05) is 5.56 Å². The van der Waals surface area contributed by atoms with E-state index in [1.165, 1.54) is 18.2 Å². The fraction of sp³-hybridized carbons (Fsp3) is 0.133. The predicted octanol–water partition coefficient (Wildman–Crippen LogP) is 2.16. The second-order valence-corrected chi connectivity index (χ2v) is 9.51.